The van der Waals surface area contributed by atoms with E-state index >= 15 is 0 Å². The summed E-state index contributed by atoms with van der Waals surface area (Å²) in [5, 5.41) is 3.81. The van der Waals surface area contributed by atoms with Gasteiger partial charge in [0.1, 0.15) is 12.4 Å². The first kappa shape index (κ1) is 18.1. The van der Waals surface area contributed by atoms with Crippen molar-refractivity contribution in [1.82, 2.24) is 5.32 Å². The van der Waals surface area contributed by atoms with Crippen molar-refractivity contribution >= 4 is 11.6 Å². The van der Waals surface area contributed by atoms with E-state index in [9.17, 15) is 13.2 Å². The van der Waals surface area contributed by atoms with Crippen LogP contribution in [-0.4, -0.2) is 25.1 Å². The molecule has 0 radical (unpaired) electrons. The summed E-state index contributed by atoms with van der Waals surface area (Å²) in [6.45, 7) is 5.78. The number of rotatable bonds is 6. The third-order valence-electron chi connectivity index (χ3n) is 2.44. The number of halogens is 4. The molecule has 21 heavy (non-hydrogen) atoms. The molecule has 0 aliphatic carbocycles. The summed E-state index contributed by atoms with van der Waals surface area (Å²) < 4.78 is 44.6. The molecule has 0 saturated carbocycles. The van der Waals surface area contributed by atoms with Gasteiger partial charge in [-0.25, -0.2) is 0 Å². The highest BCUT2D eigenvalue weighted by atomic mass is 35.5. The summed E-state index contributed by atoms with van der Waals surface area (Å²) in [4.78, 5) is 0. The maximum Gasteiger partial charge on any atom is 0.522 e. The lowest BCUT2D eigenvalue weighted by atomic mass is 10.1. The zero-order chi connectivity index (χ0) is 16.1. The second kappa shape index (κ2) is 7.33. The van der Waals surface area contributed by atoms with Crippen LogP contribution in [0, 0.1) is 0 Å². The minimum absolute atomic E-state index is 0.0982. The van der Waals surface area contributed by atoms with Crippen molar-refractivity contribution < 1.29 is 22.6 Å². The van der Waals surface area contributed by atoms with Gasteiger partial charge in [0, 0.05) is 22.7 Å². The Kier molecular flexibility index (Phi) is 6.31. The quantitative estimate of drug-likeness (QED) is 0.797. The van der Waals surface area contributed by atoms with Crippen LogP contribution in [0.5, 0.6) is 5.75 Å². The van der Waals surface area contributed by atoms with Crippen molar-refractivity contribution in [3.63, 3.8) is 0 Å². The summed E-state index contributed by atoms with van der Waals surface area (Å²) in [5.74, 6) is 0.488. The molecule has 0 heterocycles. The maximum atomic E-state index is 11.9. The van der Waals surface area contributed by atoms with Gasteiger partial charge >= 0.3 is 6.36 Å². The number of hydrogen-bond donors (Lipinski definition) is 1. The number of alkyl halides is 3. The van der Waals surface area contributed by atoms with Crippen LogP contribution < -0.4 is 10.1 Å². The molecule has 0 unspecified atom stereocenters. The fourth-order valence-corrected chi connectivity index (χ4v) is 1.69. The highest BCUT2D eigenvalue weighted by Gasteiger charge is 2.28. The average molecular weight is 326 g/mol. The zero-order valence-electron chi connectivity index (χ0n) is 12.2. The Labute approximate surface area is 127 Å². The van der Waals surface area contributed by atoms with Crippen molar-refractivity contribution in [1.29, 1.82) is 0 Å². The molecule has 0 aliphatic heterocycles. The van der Waals surface area contributed by atoms with E-state index in [2.05, 4.69) is 10.1 Å². The van der Waals surface area contributed by atoms with Crippen molar-refractivity contribution in [2.45, 2.75) is 39.2 Å². The molecule has 0 amide bonds. The molecule has 0 bridgehead atoms. The first-order valence-electron chi connectivity index (χ1n) is 6.44. The monoisotopic (exact) mass is 325 g/mol. The Bertz CT molecular complexity index is 459. The third-order valence-corrected chi connectivity index (χ3v) is 2.67. The van der Waals surface area contributed by atoms with Gasteiger partial charge in [0.2, 0.25) is 0 Å². The van der Waals surface area contributed by atoms with E-state index in [1.165, 1.54) is 0 Å². The predicted octanol–water partition coefficient (Wildman–Crippen LogP) is 4.14. The van der Waals surface area contributed by atoms with Crippen LogP contribution in [0.15, 0.2) is 18.2 Å². The molecule has 1 aromatic carbocycles. The minimum atomic E-state index is -4.64. The van der Waals surface area contributed by atoms with E-state index < -0.39 is 13.0 Å². The Hall–Kier alpha value is -0.980. The second-order valence-corrected chi connectivity index (χ2v) is 5.93. The van der Waals surface area contributed by atoms with Crippen molar-refractivity contribution in [2.24, 2.45) is 0 Å². The Morgan fingerprint density at radius 3 is 2.38 bits per heavy atom. The van der Waals surface area contributed by atoms with Crippen molar-refractivity contribution in [2.75, 3.05) is 13.2 Å². The van der Waals surface area contributed by atoms with Crippen LogP contribution in [0.2, 0.25) is 5.02 Å². The number of benzene rings is 1. The highest BCUT2D eigenvalue weighted by molar-refractivity contribution is 6.30. The standard InChI is InChI=1S/C14H19ClF3NO2/c1-13(2,3)19-9-10-8-11(15)4-5-12(10)20-6-7-21-14(16,17)18/h4-5,8,19H,6-7,9H2,1-3H3. The topological polar surface area (TPSA) is 30.5 Å². The van der Waals surface area contributed by atoms with Crippen LogP contribution in [-0.2, 0) is 11.3 Å². The smallest absolute Gasteiger partial charge is 0.491 e. The summed E-state index contributed by atoms with van der Waals surface area (Å²) in [7, 11) is 0. The van der Waals surface area contributed by atoms with Gasteiger partial charge in [-0.1, -0.05) is 11.6 Å². The van der Waals surface area contributed by atoms with Crippen LogP contribution in [0.1, 0.15) is 26.3 Å². The largest absolute Gasteiger partial charge is 0.522 e. The molecular weight excluding hydrogens is 307 g/mol. The van der Waals surface area contributed by atoms with Gasteiger partial charge in [-0.3, -0.25) is 4.74 Å². The Balaban J connectivity index is 2.60. The lowest BCUT2D eigenvalue weighted by molar-refractivity contribution is -0.325. The van der Waals surface area contributed by atoms with Gasteiger partial charge < -0.3 is 10.1 Å². The number of ether oxygens (including phenoxy) is 2. The molecule has 7 heteroatoms. The molecule has 120 valence electrons. The summed E-state index contributed by atoms with van der Waals surface area (Å²) in [5.41, 5.74) is 0.684. The van der Waals surface area contributed by atoms with Crippen molar-refractivity contribution in [3.8, 4) is 5.75 Å². The lowest BCUT2D eigenvalue weighted by Crippen LogP contribution is -2.35. The third kappa shape index (κ3) is 8.14. The molecule has 0 saturated heterocycles. The average Bonchev–Trinajstić information content (AvgIpc) is 2.31. The molecule has 0 fully saturated rings. The predicted molar refractivity (Wildman–Crippen MR) is 75.5 cm³/mol. The van der Waals surface area contributed by atoms with Gasteiger partial charge in [-0.15, -0.1) is 13.2 Å². The number of hydrogen-bond acceptors (Lipinski definition) is 3. The van der Waals surface area contributed by atoms with Crippen molar-refractivity contribution in [3.05, 3.63) is 28.8 Å². The first-order chi connectivity index (χ1) is 9.57. The van der Waals surface area contributed by atoms with E-state index in [4.69, 9.17) is 16.3 Å². The van der Waals surface area contributed by atoms with E-state index in [-0.39, 0.29) is 12.1 Å². The van der Waals surface area contributed by atoms with Gasteiger partial charge in [0.05, 0.1) is 6.61 Å². The van der Waals surface area contributed by atoms with Gasteiger partial charge in [0.15, 0.2) is 0 Å². The normalized spacial score (nSPS) is 12.5. The fraction of sp³-hybridized carbons (Fsp3) is 0.571. The van der Waals surface area contributed by atoms with Gasteiger partial charge in [0.25, 0.3) is 0 Å². The molecule has 0 aromatic heterocycles. The highest BCUT2D eigenvalue weighted by Crippen LogP contribution is 2.24. The van der Waals surface area contributed by atoms with E-state index in [0.717, 1.165) is 5.56 Å². The summed E-state index contributed by atoms with van der Waals surface area (Å²) in [6, 6.07) is 4.98. The van der Waals surface area contributed by atoms with Crippen LogP contribution in [0.4, 0.5) is 13.2 Å². The van der Waals surface area contributed by atoms with Crippen LogP contribution >= 0.6 is 11.6 Å². The number of nitrogens with one attached hydrogen (secondary N) is 1. The van der Waals surface area contributed by atoms with E-state index in [1.54, 1.807) is 18.2 Å². The van der Waals surface area contributed by atoms with E-state index in [0.29, 0.717) is 17.3 Å². The minimum Gasteiger partial charge on any atom is -0.491 e. The van der Waals surface area contributed by atoms with Gasteiger partial charge in [-0.2, -0.15) is 0 Å². The summed E-state index contributed by atoms with van der Waals surface area (Å²) >= 11 is 5.93. The molecule has 1 N–H and O–H groups in total. The first-order valence-corrected chi connectivity index (χ1v) is 6.81. The molecule has 0 aliphatic rings. The maximum absolute atomic E-state index is 11.9. The summed E-state index contributed by atoms with van der Waals surface area (Å²) in [6.07, 6.45) is -4.64. The fourth-order valence-electron chi connectivity index (χ4n) is 1.50. The van der Waals surface area contributed by atoms with Gasteiger partial charge in [-0.05, 0) is 39.0 Å². The SMILES string of the molecule is CC(C)(C)NCc1cc(Cl)ccc1OCCOC(F)(F)F. The molecule has 0 spiro atoms. The molecule has 3 nitrogen and oxygen atoms in total. The lowest BCUT2D eigenvalue weighted by Gasteiger charge is -2.22. The molecular formula is C14H19ClF3NO2. The van der Waals surface area contributed by atoms with Crippen LogP contribution in [0.25, 0.3) is 0 Å². The molecule has 0 atom stereocenters. The second-order valence-electron chi connectivity index (χ2n) is 5.50. The molecule has 1 rings (SSSR count). The Morgan fingerprint density at radius 2 is 1.81 bits per heavy atom. The van der Waals surface area contributed by atoms with E-state index in [1.807, 2.05) is 20.8 Å². The molecule has 1 aromatic rings. The zero-order valence-corrected chi connectivity index (χ0v) is 12.9. The van der Waals surface area contributed by atoms with Crippen LogP contribution in [0.3, 0.4) is 0 Å². The Morgan fingerprint density at radius 1 is 1.14 bits per heavy atom.